The van der Waals surface area contributed by atoms with Crippen molar-refractivity contribution >= 4 is 60.5 Å². The van der Waals surface area contributed by atoms with Gasteiger partial charge in [-0.3, -0.25) is 0 Å². The summed E-state index contributed by atoms with van der Waals surface area (Å²) in [6, 6.07) is 33.8. The molecule has 0 atom stereocenters. The number of aryl methyl sites for hydroxylation is 2. The van der Waals surface area contributed by atoms with Gasteiger partial charge in [-0.1, -0.05) is 78.4 Å². The first-order chi connectivity index (χ1) is 31.2. The van der Waals surface area contributed by atoms with Crippen LogP contribution in [0.25, 0.3) is 66.1 Å². The second-order valence-corrected chi connectivity index (χ2v) is 17.0. The zero-order valence-corrected chi connectivity index (χ0v) is 35.6. The number of carboxylic acid groups (broad SMARTS) is 3. The number of nitrogens with one attached hydrogen (secondary N) is 2. The van der Waals surface area contributed by atoms with E-state index in [1.54, 1.807) is 17.7 Å². The summed E-state index contributed by atoms with van der Waals surface area (Å²) in [7, 11) is -1.67. The number of rotatable bonds is 7. The topological polar surface area (TPSA) is 183 Å². The molecule has 0 saturated heterocycles. The third kappa shape index (κ3) is 9.01. The number of aromatic amines is 2. The van der Waals surface area contributed by atoms with Crippen molar-refractivity contribution in [2.45, 2.75) is 18.0 Å². The van der Waals surface area contributed by atoms with E-state index in [2.05, 4.69) is 9.97 Å². The Balaban J connectivity index is 0.000000148. The molecule has 0 aliphatic heterocycles. The van der Waals surface area contributed by atoms with Crippen molar-refractivity contribution in [2.24, 2.45) is 7.05 Å². The number of nitrogens with zero attached hydrogens (tertiary/aromatic N) is 1. The molecule has 6 aromatic carbocycles. The van der Waals surface area contributed by atoms with Gasteiger partial charge in [-0.2, -0.15) is 13.2 Å². The summed E-state index contributed by atoms with van der Waals surface area (Å²) in [4.78, 5) is 39.8. The average Bonchev–Trinajstić information content (AvgIpc) is 3.93. The maximum atomic E-state index is 14.1. The Morgan fingerprint density at radius 3 is 1.58 bits per heavy atom. The van der Waals surface area contributed by atoms with Crippen molar-refractivity contribution in [1.29, 1.82) is 0 Å². The SMILES string of the molecule is CS(=O)(=O)c1ccc2[nH]c(C(=O)O)c(-c3ccccc3F)c2c1.Cc1ccc2c(c1)c(-c1ccccc1)c(C(=O)O)n2C.O=C(O)c1[nH]c2ccc(C(F)(F)F)cc2c1-c1ccccc1F. The van der Waals surface area contributed by atoms with Crippen LogP contribution in [-0.2, 0) is 23.1 Å². The molecule has 5 N–H and O–H groups in total. The molecule has 9 rings (SSSR count). The monoisotopic (exact) mass is 921 g/mol. The molecule has 0 radical (unpaired) electrons. The molecule has 0 aliphatic carbocycles. The molecule has 0 spiro atoms. The van der Waals surface area contributed by atoms with Gasteiger partial charge in [0.25, 0.3) is 0 Å². The van der Waals surface area contributed by atoms with Gasteiger partial charge in [0, 0.05) is 73.8 Å². The second kappa shape index (κ2) is 17.8. The zero-order chi connectivity index (χ0) is 47.8. The normalized spacial score (nSPS) is 11.5. The van der Waals surface area contributed by atoms with Gasteiger partial charge in [0.1, 0.15) is 28.7 Å². The second-order valence-electron chi connectivity index (χ2n) is 15.0. The molecule has 0 fully saturated rings. The van der Waals surface area contributed by atoms with Crippen LogP contribution in [0.15, 0.2) is 138 Å². The fourth-order valence-corrected chi connectivity index (χ4v) is 8.33. The first kappa shape index (κ1) is 46.0. The maximum Gasteiger partial charge on any atom is 0.416 e. The molecule has 336 valence electrons. The lowest BCUT2D eigenvalue weighted by Crippen LogP contribution is -2.05. The summed E-state index contributed by atoms with van der Waals surface area (Å²) in [5.41, 5.74) is 3.31. The first-order valence-corrected chi connectivity index (χ1v) is 21.5. The van der Waals surface area contributed by atoms with E-state index in [1.165, 1.54) is 54.6 Å². The van der Waals surface area contributed by atoms with Gasteiger partial charge in [-0.25, -0.2) is 31.6 Å². The van der Waals surface area contributed by atoms with Crippen LogP contribution in [-0.4, -0.2) is 62.4 Å². The number of sulfone groups is 1. The molecule has 0 bridgehead atoms. The number of alkyl halides is 3. The zero-order valence-electron chi connectivity index (χ0n) is 34.8. The number of aromatic nitrogens is 3. The van der Waals surface area contributed by atoms with E-state index in [4.69, 9.17) is 0 Å². The summed E-state index contributed by atoms with van der Waals surface area (Å²) in [6.45, 7) is 2.02. The lowest BCUT2D eigenvalue weighted by atomic mass is 10.00. The highest BCUT2D eigenvalue weighted by atomic mass is 32.2. The standard InChI is InChI=1S/C17H15NO2.C16H9F4NO2.C16H12FNO4S/c1-11-8-9-14-13(10-11)15(12-6-4-3-5-7-12)16(17(19)20)18(14)2;17-11-4-2-1-3-9(11)13-10-7-8(16(18,19)20)5-6-12(10)21-14(13)15(22)23;1-23(21,22)9-6-7-13-11(8-9)14(15(18-13)16(19)20)10-4-2-3-5-12(10)17/h3-10H,1-2H3,(H,19,20);1-7,21H,(H,22,23);2-8,18H,1H3,(H,19,20). The number of fused-ring (bicyclic) bond motifs is 3. The summed E-state index contributed by atoms with van der Waals surface area (Å²) in [5, 5.41) is 29.5. The average molecular weight is 922 g/mol. The van der Waals surface area contributed by atoms with Crippen LogP contribution in [0.3, 0.4) is 0 Å². The minimum absolute atomic E-state index is 0.00215. The van der Waals surface area contributed by atoms with E-state index in [1.807, 2.05) is 55.5 Å². The van der Waals surface area contributed by atoms with Crippen molar-refractivity contribution < 1.29 is 60.1 Å². The van der Waals surface area contributed by atoms with Gasteiger partial charge >= 0.3 is 24.1 Å². The lowest BCUT2D eigenvalue weighted by Gasteiger charge is -2.08. The molecule has 3 aromatic heterocycles. The van der Waals surface area contributed by atoms with Crippen molar-refractivity contribution in [3.05, 3.63) is 173 Å². The summed E-state index contributed by atoms with van der Waals surface area (Å²) < 4.78 is 92.1. The number of carboxylic acids is 3. The minimum atomic E-state index is -4.58. The van der Waals surface area contributed by atoms with Gasteiger partial charge in [-0.15, -0.1) is 0 Å². The van der Waals surface area contributed by atoms with Crippen LogP contribution in [0.1, 0.15) is 42.6 Å². The lowest BCUT2D eigenvalue weighted by molar-refractivity contribution is -0.137. The summed E-state index contributed by atoms with van der Waals surface area (Å²) in [5.74, 6) is -4.83. The van der Waals surface area contributed by atoms with Crippen molar-refractivity contribution in [2.75, 3.05) is 6.26 Å². The summed E-state index contributed by atoms with van der Waals surface area (Å²) >= 11 is 0. The van der Waals surface area contributed by atoms with E-state index >= 15 is 0 Å². The Hall–Kier alpha value is -8.05. The number of aromatic carboxylic acids is 3. The van der Waals surface area contributed by atoms with Gasteiger partial charge in [0.2, 0.25) is 0 Å². The predicted octanol–water partition coefficient (Wildman–Crippen LogP) is 11.6. The fraction of sp³-hybridized carbons (Fsp3) is 0.0816. The van der Waals surface area contributed by atoms with E-state index in [0.717, 1.165) is 58.1 Å². The van der Waals surface area contributed by atoms with Gasteiger partial charge < -0.3 is 29.9 Å². The first-order valence-electron chi connectivity index (χ1n) is 19.6. The molecule has 0 aliphatic rings. The highest BCUT2D eigenvalue weighted by Crippen LogP contribution is 2.39. The van der Waals surface area contributed by atoms with Crippen LogP contribution >= 0.6 is 0 Å². The summed E-state index contributed by atoms with van der Waals surface area (Å²) in [6.07, 6.45) is -3.52. The van der Waals surface area contributed by atoms with Gasteiger partial charge in [0.05, 0.1) is 10.5 Å². The molecule has 66 heavy (non-hydrogen) atoms. The highest BCUT2D eigenvalue weighted by Gasteiger charge is 2.32. The van der Waals surface area contributed by atoms with E-state index < -0.39 is 51.1 Å². The van der Waals surface area contributed by atoms with Gasteiger partial charge in [-0.05, 0) is 73.2 Å². The molecule has 17 heteroatoms. The Morgan fingerprint density at radius 1 is 0.591 bits per heavy atom. The van der Waals surface area contributed by atoms with Gasteiger partial charge in [0.15, 0.2) is 9.84 Å². The van der Waals surface area contributed by atoms with Crippen LogP contribution in [0.5, 0.6) is 0 Å². The molecular weight excluding hydrogens is 886 g/mol. The Morgan fingerprint density at radius 2 is 1.09 bits per heavy atom. The van der Waals surface area contributed by atoms with Crippen molar-refractivity contribution in [3.8, 4) is 33.4 Å². The molecule has 0 unspecified atom stereocenters. The quantitative estimate of drug-likeness (QED) is 0.0979. The van der Waals surface area contributed by atoms with Crippen LogP contribution in [0.2, 0.25) is 0 Å². The minimum Gasteiger partial charge on any atom is -0.477 e. The molecule has 0 amide bonds. The molecule has 9 aromatic rings. The number of benzene rings is 6. The number of hydrogen-bond donors (Lipinski definition) is 5. The van der Waals surface area contributed by atoms with Crippen LogP contribution < -0.4 is 0 Å². The molecule has 11 nitrogen and oxygen atoms in total. The van der Waals surface area contributed by atoms with E-state index in [9.17, 15) is 60.1 Å². The Bertz CT molecular complexity index is 3480. The largest absolute Gasteiger partial charge is 0.477 e. The van der Waals surface area contributed by atoms with Crippen molar-refractivity contribution in [1.82, 2.24) is 14.5 Å². The predicted molar refractivity (Wildman–Crippen MR) is 239 cm³/mol. The number of halogens is 5. The third-order valence-electron chi connectivity index (χ3n) is 10.7. The molecular formula is C49H36F5N3O8S. The molecule has 3 heterocycles. The molecule has 0 saturated carbocycles. The van der Waals surface area contributed by atoms with Crippen LogP contribution in [0, 0.1) is 18.6 Å². The number of carbonyl (C=O) groups is 3. The fourth-order valence-electron chi connectivity index (χ4n) is 7.68. The van der Waals surface area contributed by atoms with Crippen LogP contribution in [0.4, 0.5) is 22.0 Å². The number of H-pyrrole nitrogens is 2. The highest BCUT2D eigenvalue weighted by molar-refractivity contribution is 7.90. The third-order valence-corrected chi connectivity index (χ3v) is 11.8. The Labute approximate surface area is 371 Å². The maximum absolute atomic E-state index is 14.1. The van der Waals surface area contributed by atoms with Crippen molar-refractivity contribution in [3.63, 3.8) is 0 Å². The van der Waals surface area contributed by atoms with E-state index in [-0.39, 0.29) is 49.4 Å². The smallest absolute Gasteiger partial charge is 0.416 e. The Kier molecular flexibility index (Phi) is 12.4. The van der Waals surface area contributed by atoms with E-state index in [0.29, 0.717) is 16.6 Å². The number of hydrogen-bond acceptors (Lipinski definition) is 5.